The number of methoxy groups -OCH3 is 1. The quantitative estimate of drug-likeness (QED) is 0.117. The number of benzene rings is 2. The molecule has 0 amide bonds. The average Bonchev–Trinajstić information content (AvgIpc) is 2.95. The number of rotatable bonds is 14. The standard InChI is InChI=1S/C36H44N2O4/c1-5-6-7-8-9-10-30(39)22-31(40)12-11-27-21-35(42-4)34(41)20-28(27)18-26-19-33-32(13-14-37-36(33)38-23-26)29-16-24(2)15-25(3)17-29/h11-12,15-17,19-21,23,32,41H,5-10,13-14,18,22H2,1-4H3,(H,37,38)/t32-/m0/s1. The van der Waals surface area contributed by atoms with Crippen molar-refractivity contribution in [2.24, 2.45) is 0 Å². The fourth-order valence-electron chi connectivity index (χ4n) is 5.85. The summed E-state index contributed by atoms with van der Waals surface area (Å²) in [4.78, 5) is 29.7. The monoisotopic (exact) mass is 568 g/mol. The van der Waals surface area contributed by atoms with E-state index in [1.165, 1.54) is 41.9 Å². The van der Waals surface area contributed by atoms with Gasteiger partial charge in [0.25, 0.3) is 0 Å². The van der Waals surface area contributed by atoms with Gasteiger partial charge in [-0.05, 0) is 79.6 Å². The summed E-state index contributed by atoms with van der Waals surface area (Å²) >= 11 is 0. The van der Waals surface area contributed by atoms with Crippen molar-refractivity contribution in [3.8, 4) is 11.5 Å². The highest BCUT2D eigenvalue weighted by atomic mass is 16.5. The van der Waals surface area contributed by atoms with Crippen molar-refractivity contribution in [2.45, 2.75) is 84.5 Å². The molecule has 0 aliphatic carbocycles. The number of unbranched alkanes of at least 4 members (excludes halogenated alkanes) is 4. The average molecular weight is 569 g/mol. The number of hydrogen-bond acceptors (Lipinski definition) is 6. The molecule has 4 rings (SSSR count). The molecule has 0 bridgehead atoms. The molecule has 3 aromatic rings. The molecule has 42 heavy (non-hydrogen) atoms. The van der Waals surface area contributed by atoms with E-state index in [0.29, 0.717) is 18.6 Å². The van der Waals surface area contributed by atoms with E-state index in [2.05, 4.69) is 50.4 Å². The van der Waals surface area contributed by atoms with E-state index in [1.54, 1.807) is 18.2 Å². The molecule has 222 valence electrons. The first-order chi connectivity index (χ1) is 20.3. The fourth-order valence-corrected chi connectivity index (χ4v) is 5.85. The van der Waals surface area contributed by atoms with Crippen LogP contribution in [0, 0.1) is 13.8 Å². The number of ketones is 2. The third-order valence-corrected chi connectivity index (χ3v) is 7.94. The second-order valence-corrected chi connectivity index (χ2v) is 11.5. The molecule has 0 unspecified atom stereocenters. The van der Waals surface area contributed by atoms with Crippen LogP contribution in [0.1, 0.15) is 103 Å². The minimum atomic E-state index is -0.218. The lowest BCUT2D eigenvalue weighted by Crippen LogP contribution is -2.19. The summed E-state index contributed by atoms with van der Waals surface area (Å²) in [6.07, 6.45) is 12.3. The molecule has 2 aromatic carbocycles. The van der Waals surface area contributed by atoms with Crippen molar-refractivity contribution >= 4 is 23.5 Å². The smallest absolute Gasteiger partial charge is 0.163 e. The van der Waals surface area contributed by atoms with E-state index in [-0.39, 0.29) is 29.7 Å². The number of pyridine rings is 1. The third kappa shape index (κ3) is 8.31. The summed E-state index contributed by atoms with van der Waals surface area (Å²) in [5.74, 6) is 1.29. The van der Waals surface area contributed by atoms with Crippen LogP contribution in [0.4, 0.5) is 5.82 Å². The zero-order valence-electron chi connectivity index (χ0n) is 25.5. The Bertz CT molecular complexity index is 1420. The molecule has 1 aliphatic rings. The minimum absolute atomic E-state index is 0.0169. The summed E-state index contributed by atoms with van der Waals surface area (Å²) in [6, 6.07) is 12.3. The highest BCUT2D eigenvalue weighted by Gasteiger charge is 2.24. The van der Waals surface area contributed by atoms with Gasteiger partial charge < -0.3 is 15.2 Å². The number of hydrogen-bond donors (Lipinski definition) is 2. The number of carbonyl (C=O) groups is 2. The Morgan fingerprint density at radius 2 is 1.81 bits per heavy atom. The number of aromatic nitrogens is 1. The van der Waals surface area contributed by atoms with Gasteiger partial charge in [-0.15, -0.1) is 0 Å². The normalized spacial score (nSPS) is 14.4. The van der Waals surface area contributed by atoms with Crippen LogP contribution in [0.25, 0.3) is 6.08 Å². The molecule has 1 atom stereocenters. The van der Waals surface area contributed by atoms with Gasteiger partial charge in [0.05, 0.1) is 13.5 Å². The van der Waals surface area contributed by atoms with Gasteiger partial charge in [-0.1, -0.05) is 68.0 Å². The van der Waals surface area contributed by atoms with Gasteiger partial charge in [0.1, 0.15) is 11.6 Å². The fraction of sp³-hybridized carbons (Fsp3) is 0.417. The van der Waals surface area contributed by atoms with E-state index >= 15 is 0 Å². The molecular formula is C36H44N2O4. The first-order valence-electron chi connectivity index (χ1n) is 15.2. The molecule has 0 saturated carbocycles. The Morgan fingerprint density at radius 1 is 1.05 bits per heavy atom. The molecule has 2 N–H and O–H groups in total. The second-order valence-electron chi connectivity index (χ2n) is 11.5. The van der Waals surface area contributed by atoms with E-state index < -0.39 is 0 Å². The van der Waals surface area contributed by atoms with Crippen LogP contribution in [0.3, 0.4) is 0 Å². The largest absolute Gasteiger partial charge is 0.504 e. The van der Waals surface area contributed by atoms with Crippen molar-refractivity contribution in [1.82, 2.24) is 4.98 Å². The van der Waals surface area contributed by atoms with E-state index in [9.17, 15) is 14.7 Å². The zero-order chi connectivity index (χ0) is 30.1. The number of Topliss-reactive ketones (excluding diaryl/α,β-unsaturated/α-hetero) is 1. The second kappa shape index (κ2) is 14.8. The maximum Gasteiger partial charge on any atom is 0.163 e. The Kier molecular flexibility index (Phi) is 10.9. The molecule has 0 saturated heterocycles. The Morgan fingerprint density at radius 3 is 2.55 bits per heavy atom. The number of nitrogens with zero attached hydrogens (tertiary/aromatic N) is 1. The molecule has 0 radical (unpaired) electrons. The Labute approximate surface area is 250 Å². The molecule has 6 nitrogen and oxygen atoms in total. The summed E-state index contributed by atoms with van der Waals surface area (Å²) < 4.78 is 5.35. The van der Waals surface area contributed by atoms with Gasteiger partial charge in [-0.25, -0.2) is 4.98 Å². The maximum absolute atomic E-state index is 12.6. The number of anilines is 1. The molecule has 0 spiro atoms. The highest BCUT2D eigenvalue weighted by Crippen LogP contribution is 2.38. The number of phenolic OH excluding ortho intramolecular Hbond substituents is 1. The lowest BCUT2D eigenvalue weighted by molar-refractivity contribution is -0.124. The number of aromatic hydroxyl groups is 1. The van der Waals surface area contributed by atoms with Crippen LogP contribution in [-0.4, -0.2) is 35.3 Å². The van der Waals surface area contributed by atoms with Gasteiger partial charge in [-0.3, -0.25) is 9.59 Å². The van der Waals surface area contributed by atoms with Gasteiger partial charge in [0.2, 0.25) is 0 Å². The molecule has 2 heterocycles. The lowest BCUT2D eigenvalue weighted by Gasteiger charge is -2.27. The number of phenols is 1. The van der Waals surface area contributed by atoms with E-state index in [1.807, 2.05) is 6.20 Å². The lowest BCUT2D eigenvalue weighted by atomic mass is 9.84. The third-order valence-electron chi connectivity index (χ3n) is 7.94. The number of aryl methyl sites for hydroxylation is 2. The number of ether oxygens (including phenoxy) is 1. The van der Waals surface area contributed by atoms with Crippen molar-refractivity contribution in [3.63, 3.8) is 0 Å². The Balaban J connectivity index is 1.53. The van der Waals surface area contributed by atoms with Crippen molar-refractivity contribution in [1.29, 1.82) is 0 Å². The van der Waals surface area contributed by atoms with Crippen LogP contribution in [0.2, 0.25) is 0 Å². The number of nitrogens with one attached hydrogen (secondary N) is 1. The first kappa shape index (κ1) is 31.0. The highest BCUT2D eigenvalue weighted by molar-refractivity contribution is 6.06. The zero-order valence-corrected chi connectivity index (χ0v) is 25.5. The van der Waals surface area contributed by atoms with Crippen molar-refractivity contribution < 1.29 is 19.4 Å². The van der Waals surface area contributed by atoms with Crippen LogP contribution in [0.15, 0.2) is 48.7 Å². The predicted molar refractivity (Wildman–Crippen MR) is 170 cm³/mol. The first-order valence-corrected chi connectivity index (χ1v) is 15.2. The summed E-state index contributed by atoms with van der Waals surface area (Å²) in [5, 5.41) is 14.0. The van der Waals surface area contributed by atoms with Crippen LogP contribution in [0.5, 0.6) is 11.5 Å². The van der Waals surface area contributed by atoms with Crippen LogP contribution >= 0.6 is 0 Å². The van der Waals surface area contributed by atoms with Gasteiger partial charge >= 0.3 is 0 Å². The summed E-state index contributed by atoms with van der Waals surface area (Å²) in [6.45, 7) is 7.30. The van der Waals surface area contributed by atoms with Crippen LogP contribution < -0.4 is 10.1 Å². The Hall–Kier alpha value is -3.93. The molecule has 1 aromatic heterocycles. The number of carbonyl (C=O) groups excluding carboxylic acids is 2. The van der Waals surface area contributed by atoms with Crippen LogP contribution in [-0.2, 0) is 16.0 Å². The minimum Gasteiger partial charge on any atom is -0.504 e. The topological polar surface area (TPSA) is 88.5 Å². The SMILES string of the molecule is CCCCCCCC(=O)CC(=O)C=Cc1cc(OC)c(O)cc1Cc1cnc2c(c1)[C@H](c1cc(C)cc(C)c1)CCN2. The number of fused-ring (bicyclic) bond motifs is 1. The van der Waals surface area contributed by atoms with Gasteiger partial charge in [0.15, 0.2) is 17.3 Å². The van der Waals surface area contributed by atoms with Crippen molar-refractivity contribution in [2.75, 3.05) is 19.0 Å². The van der Waals surface area contributed by atoms with E-state index in [4.69, 9.17) is 9.72 Å². The van der Waals surface area contributed by atoms with E-state index in [0.717, 1.165) is 61.2 Å². The molecule has 6 heteroatoms. The number of allylic oxidation sites excluding steroid dienone is 1. The summed E-state index contributed by atoms with van der Waals surface area (Å²) in [7, 11) is 1.50. The summed E-state index contributed by atoms with van der Waals surface area (Å²) in [5.41, 5.74) is 7.58. The molecule has 1 aliphatic heterocycles. The predicted octanol–water partition coefficient (Wildman–Crippen LogP) is 7.85. The van der Waals surface area contributed by atoms with Crippen molar-refractivity contribution in [3.05, 3.63) is 87.6 Å². The maximum atomic E-state index is 12.6. The van der Waals surface area contributed by atoms with Gasteiger partial charge in [-0.2, -0.15) is 0 Å². The molecular weight excluding hydrogens is 524 g/mol. The molecule has 0 fully saturated rings. The van der Waals surface area contributed by atoms with Gasteiger partial charge in [0, 0.05) is 30.6 Å².